The number of hydrogen-bond donors (Lipinski definition) is 1. The average molecular weight is 444 g/mol. The Hall–Kier alpha value is -3.06. The number of aryl methyl sites for hydroxylation is 1. The van der Waals surface area contributed by atoms with Crippen LogP contribution in [0.3, 0.4) is 0 Å². The second-order valence-corrected chi connectivity index (χ2v) is 7.81. The fourth-order valence-electron chi connectivity index (χ4n) is 2.97. The molecule has 1 aromatic heterocycles. The summed E-state index contributed by atoms with van der Waals surface area (Å²) in [5.74, 6) is 1.56. The maximum absolute atomic E-state index is 13.1. The molecule has 7 nitrogen and oxygen atoms in total. The number of hydrogen-bond acceptors (Lipinski definition) is 6. The van der Waals surface area contributed by atoms with E-state index in [0.717, 1.165) is 12.0 Å². The number of nitrogens with zero attached hydrogens (tertiary/aromatic N) is 2. The number of amides is 1. The molecule has 0 saturated heterocycles. The third-order valence-electron chi connectivity index (χ3n) is 4.64. The molecule has 0 bridgehead atoms. The van der Waals surface area contributed by atoms with Crippen LogP contribution in [0.1, 0.15) is 54.9 Å². The van der Waals surface area contributed by atoms with Crippen LogP contribution in [0.5, 0.6) is 11.5 Å². The molecular formula is C23H26ClN3O4. The first kappa shape index (κ1) is 22.6. The number of rotatable bonds is 8. The Morgan fingerprint density at radius 1 is 1.29 bits per heavy atom. The highest BCUT2D eigenvalue weighted by molar-refractivity contribution is 6.32. The summed E-state index contributed by atoms with van der Waals surface area (Å²) in [6, 6.07) is 8.77. The minimum absolute atomic E-state index is 0.128. The van der Waals surface area contributed by atoms with Gasteiger partial charge in [0.25, 0.3) is 11.8 Å². The summed E-state index contributed by atoms with van der Waals surface area (Å²) in [6.45, 7) is 8.36. The van der Waals surface area contributed by atoms with Gasteiger partial charge < -0.3 is 19.3 Å². The number of carbonyl (C=O) groups is 1. The van der Waals surface area contributed by atoms with Crippen molar-refractivity contribution in [2.75, 3.05) is 19.0 Å². The molecule has 31 heavy (non-hydrogen) atoms. The molecule has 0 spiro atoms. The highest BCUT2D eigenvalue weighted by atomic mass is 35.5. The molecule has 0 fully saturated rings. The van der Waals surface area contributed by atoms with Crippen molar-refractivity contribution in [3.63, 3.8) is 0 Å². The Balaban J connectivity index is 1.94. The fourth-order valence-corrected chi connectivity index (χ4v) is 3.24. The lowest BCUT2D eigenvalue weighted by molar-refractivity contribution is 0.102. The lowest BCUT2D eigenvalue weighted by Crippen LogP contribution is -2.14. The van der Waals surface area contributed by atoms with E-state index < -0.39 is 0 Å². The number of halogens is 1. The molecular weight excluding hydrogens is 418 g/mol. The van der Waals surface area contributed by atoms with Crippen LogP contribution in [0.25, 0.3) is 11.5 Å². The van der Waals surface area contributed by atoms with E-state index in [1.165, 1.54) is 7.11 Å². The lowest BCUT2D eigenvalue weighted by atomic mass is 10.1. The van der Waals surface area contributed by atoms with Crippen LogP contribution in [0.2, 0.25) is 5.02 Å². The predicted molar refractivity (Wildman–Crippen MR) is 120 cm³/mol. The summed E-state index contributed by atoms with van der Waals surface area (Å²) in [7, 11) is 1.51. The first-order valence-corrected chi connectivity index (χ1v) is 10.5. The van der Waals surface area contributed by atoms with Gasteiger partial charge in [0.15, 0.2) is 17.3 Å². The summed E-state index contributed by atoms with van der Waals surface area (Å²) in [5, 5.41) is 7.28. The van der Waals surface area contributed by atoms with Gasteiger partial charge in [0.2, 0.25) is 0 Å². The molecule has 0 atom stereocenters. The van der Waals surface area contributed by atoms with Crippen LogP contribution in [-0.4, -0.2) is 29.8 Å². The fraction of sp³-hybridized carbons (Fsp3) is 0.348. The number of nitrogens with one attached hydrogen (secondary N) is 1. The van der Waals surface area contributed by atoms with E-state index in [2.05, 4.69) is 15.5 Å². The van der Waals surface area contributed by atoms with Crippen LogP contribution in [-0.2, 0) is 0 Å². The van der Waals surface area contributed by atoms with Gasteiger partial charge in [-0.3, -0.25) is 4.79 Å². The van der Waals surface area contributed by atoms with Gasteiger partial charge in [0.05, 0.1) is 30.0 Å². The molecule has 0 saturated carbocycles. The normalized spacial score (nSPS) is 10.9. The number of ether oxygens (including phenoxy) is 2. The van der Waals surface area contributed by atoms with Gasteiger partial charge in [-0.15, -0.1) is 0 Å². The number of para-hydroxylation sites is 1. The molecule has 0 unspecified atom stereocenters. The SMILES string of the molecule is CCCOc1c(Cl)cc(C(=O)Nc2c(C)cccc2-c2nc(C(C)C)no2)cc1OC. The van der Waals surface area contributed by atoms with Gasteiger partial charge in [0, 0.05) is 11.5 Å². The summed E-state index contributed by atoms with van der Waals surface area (Å²) in [4.78, 5) is 17.5. The third-order valence-corrected chi connectivity index (χ3v) is 4.92. The zero-order chi connectivity index (χ0) is 22.5. The molecule has 3 aromatic rings. The number of anilines is 1. The van der Waals surface area contributed by atoms with Crippen molar-refractivity contribution in [3.8, 4) is 23.0 Å². The zero-order valence-electron chi connectivity index (χ0n) is 18.3. The molecule has 1 heterocycles. The molecule has 0 aliphatic heterocycles. The van der Waals surface area contributed by atoms with Crippen molar-refractivity contribution >= 4 is 23.2 Å². The van der Waals surface area contributed by atoms with E-state index in [0.29, 0.717) is 51.7 Å². The second-order valence-electron chi connectivity index (χ2n) is 7.40. The topological polar surface area (TPSA) is 86.5 Å². The number of benzene rings is 2. The largest absolute Gasteiger partial charge is 0.493 e. The summed E-state index contributed by atoms with van der Waals surface area (Å²) in [6.07, 6.45) is 0.825. The summed E-state index contributed by atoms with van der Waals surface area (Å²) >= 11 is 6.37. The summed E-state index contributed by atoms with van der Waals surface area (Å²) in [5.41, 5.74) is 2.44. The van der Waals surface area contributed by atoms with Crippen molar-refractivity contribution in [1.29, 1.82) is 0 Å². The molecule has 0 radical (unpaired) electrons. The maximum Gasteiger partial charge on any atom is 0.260 e. The Morgan fingerprint density at radius 3 is 2.71 bits per heavy atom. The number of carbonyl (C=O) groups excluding carboxylic acids is 1. The second kappa shape index (κ2) is 9.83. The lowest BCUT2D eigenvalue weighted by Gasteiger charge is -2.15. The Kier molecular flexibility index (Phi) is 7.17. The number of methoxy groups -OCH3 is 1. The van der Waals surface area contributed by atoms with Gasteiger partial charge in [-0.2, -0.15) is 4.98 Å². The zero-order valence-corrected chi connectivity index (χ0v) is 19.0. The van der Waals surface area contributed by atoms with Gasteiger partial charge in [-0.25, -0.2) is 0 Å². The molecule has 0 aliphatic rings. The first-order chi connectivity index (χ1) is 14.8. The van der Waals surface area contributed by atoms with Gasteiger partial charge >= 0.3 is 0 Å². The van der Waals surface area contributed by atoms with E-state index in [4.69, 9.17) is 25.6 Å². The average Bonchev–Trinajstić information content (AvgIpc) is 3.24. The monoisotopic (exact) mass is 443 g/mol. The van der Waals surface area contributed by atoms with Crippen LogP contribution >= 0.6 is 11.6 Å². The third kappa shape index (κ3) is 4.99. The highest BCUT2D eigenvalue weighted by Gasteiger charge is 2.20. The van der Waals surface area contributed by atoms with E-state index >= 15 is 0 Å². The van der Waals surface area contributed by atoms with Crippen LogP contribution in [0.15, 0.2) is 34.9 Å². The molecule has 1 N–H and O–H groups in total. The number of aromatic nitrogens is 2. The smallest absolute Gasteiger partial charge is 0.260 e. The van der Waals surface area contributed by atoms with E-state index in [-0.39, 0.29) is 11.8 Å². The van der Waals surface area contributed by atoms with Crippen molar-refractivity contribution in [1.82, 2.24) is 10.1 Å². The molecule has 2 aromatic carbocycles. The minimum atomic E-state index is -0.346. The van der Waals surface area contributed by atoms with Crippen LogP contribution in [0, 0.1) is 6.92 Å². The predicted octanol–water partition coefficient (Wildman–Crippen LogP) is 5.87. The van der Waals surface area contributed by atoms with Gasteiger partial charge in [0.1, 0.15) is 0 Å². The van der Waals surface area contributed by atoms with Crippen LogP contribution < -0.4 is 14.8 Å². The van der Waals surface area contributed by atoms with Crippen LogP contribution in [0.4, 0.5) is 5.69 Å². The highest BCUT2D eigenvalue weighted by Crippen LogP contribution is 2.37. The standard InChI is InChI=1S/C23H26ClN3O4/c1-6-10-30-20-17(24)11-15(12-18(20)29-5)22(28)25-19-14(4)8-7-9-16(19)23-26-21(13(2)3)27-31-23/h7-9,11-13H,6,10H2,1-5H3,(H,25,28). The molecule has 164 valence electrons. The quantitative estimate of drug-likeness (QED) is 0.468. The van der Waals surface area contributed by atoms with Crippen molar-refractivity contribution in [3.05, 3.63) is 52.3 Å². The molecule has 0 aliphatic carbocycles. The molecule has 8 heteroatoms. The summed E-state index contributed by atoms with van der Waals surface area (Å²) < 4.78 is 16.5. The maximum atomic E-state index is 13.1. The van der Waals surface area contributed by atoms with E-state index in [1.54, 1.807) is 12.1 Å². The van der Waals surface area contributed by atoms with E-state index in [1.807, 2.05) is 45.9 Å². The van der Waals surface area contributed by atoms with Crippen molar-refractivity contribution in [2.24, 2.45) is 0 Å². The molecule has 1 amide bonds. The van der Waals surface area contributed by atoms with Crippen molar-refractivity contribution in [2.45, 2.75) is 40.0 Å². The minimum Gasteiger partial charge on any atom is -0.493 e. The van der Waals surface area contributed by atoms with Crippen molar-refractivity contribution < 1.29 is 18.8 Å². The first-order valence-electron chi connectivity index (χ1n) is 10.1. The van der Waals surface area contributed by atoms with Gasteiger partial charge in [-0.05, 0) is 37.1 Å². The van der Waals surface area contributed by atoms with Gasteiger partial charge in [-0.1, -0.05) is 49.7 Å². The Labute approximate surface area is 186 Å². The Bertz CT molecular complexity index is 1080. The Morgan fingerprint density at radius 2 is 2.06 bits per heavy atom. The molecule has 3 rings (SSSR count). The van der Waals surface area contributed by atoms with E-state index in [9.17, 15) is 4.79 Å².